The third-order valence-electron chi connectivity index (χ3n) is 3.09. The van der Waals surface area contributed by atoms with E-state index in [1.165, 1.54) is 12.1 Å². The first-order valence-electron chi connectivity index (χ1n) is 5.39. The normalized spacial score (nSPS) is 25.9. The zero-order valence-electron chi connectivity index (χ0n) is 9.20. The van der Waals surface area contributed by atoms with Crippen molar-refractivity contribution in [2.24, 2.45) is 5.92 Å². The zero-order chi connectivity index (χ0) is 11.0. The highest BCUT2D eigenvalue weighted by Gasteiger charge is 2.27. The van der Waals surface area contributed by atoms with Gasteiger partial charge in [-0.1, -0.05) is 22.9 Å². The van der Waals surface area contributed by atoms with Crippen molar-refractivity contribution in [3.05, 3.63) is 22.7 Å². The van der Waals surface area contributed by atoms with E-state index in [4.69, 9.17) is 5.73 Å². The molecule has 0 aliphatic carbocycles. The highest BCUT2D eigenvalue weighted by molar-refractivity contribution is 9.10. The maximum atomic E-state index is 6.01. The van der Waals surface area contributed by atoms with Gasteiger partial charge in [0, 0.05) is 17.1 Å². The summed E-state index contributed by atoms with van der Waals surface area (Å²) < 4.78 is 1.10. The number of nitrogen functional groups attached to an aromatic ring is 1. The van der Waals surface area contributed by atoms with Gasteiger partial charge in [-0.15, -0.1) is 0 Å². The van der Waals surface area contributed by atoms with E-state index < -0.39 is 0 Å². The van der Waals surface area contributed by atoms with Crippen LogP contribution < -0.4 is 10.6 Å². The fraction of sp³-hybridized carbons (Fsp3) is 0.500. The summed E-state index contributed by atoms with van der Waals surface area (Å²) in [6, 6.07) is 6.67. The summed E-state index contributed by atoms with van der Waals surface area (Å²) in [4.78, 5) is 2.41. The average molecular weight is 269 g/mol. The van der Waals surface area contributed by atoms with Gasteiger partial charge < -0.3 is 10.6 Å². The molecule has 0 spiro atoms. The molecule has 1 aromatic rings. The largest absolute Gasteiger partial charge is 0.397 e. The lowest BCUT2D eigenvalue weighted by molar-refractivity contribution is 0.625. The molecular formula is C12H17BrN2. The van der Waals surface area contributed by atoms with Crippen LogP contribution in [0.3, 0.4) is 0 Å². The van der Waals surface area contributed by atoms with Gasteiger partial charge in [-0.3, -0.25) is 0 Å². The minimum atomic E-state index is 0.594. The number of hydrogen-bond donors (Lipinski definition) is 1. The third kappa shape index (κ3) is 2.12. The Morgan fingerprint density at radius 2 is 2.13 bits per heavy atom. The van der Waals surface area contributed by atoms with Crippen molar-refractivity contribution in [1.29, 1.82) is 0 Å². The van der Waals surface area contributed by atoms with E-state index in [0.717, 1.165) is 22.6 Å². The molecule has 82 valence electrons. The van der Waals surface area contributed by atoms with E-state index in [-0.39, 0.29) is 0 Å². The zero-order valence-corrected chi connectivity index (χ0v) is 10.8. The van der Waals surface area contributed by atoms with Crippen molar-refractivity contribution >= 4 is 27.3 Å². The molecule has 2 atom stereocenters. The quantitative estimate of drug-likeness (QED) is 0.793. The standard InChI is InChI=1S/C12H17BrN2/c1-8-5-9(2)15(7-8)12-6-10(13)3-4-11(12)14/h3-4,6,8-9H,5,7,14H2,1-2H3. The highest BCUT2D eigenvalue weighted by atomic mass is 79.9. The average Bonchev–Trinajstić information content (AvgIpc) is 2.50. The molecule has 3 heteroatoms. The number of rotatable bonds is 1. The van der Waals surface area contributed by atoms with E-state index in [1.807, 2.05) is 12.1 Å². The van der Waals surface area contributed by atoms with Gasteiger partial charge in [0.25, 0.3) is 0 Å². The fourth-order valence-corrected chi connectivity index (χ4v) is 2.75. The Morgan fingerprint density at radius 1 is 1.40 bits per heavy atom. The summed E-state index contributed by atoms with van der Waals surface area (Å²) in [6.07, 6.45) is 1.26. The summed E-state index contributed by atoms with van der Waals surface area (Å²) in [5.74, 6) is 0.762. The number of anilines is 2. The molecule has 1 heterocycles. The van der Waals surface area contributed by atoms with Gasteiger partial charge in [-0.05, 0) is 37.5 Å². The number of nitrogens with two attached hydrogens (primary N) is 1. The molecular weight excluding hydrogens is 252 g/mol. The number of hydrogen-bond acceptors (Lipinski definition) is 2. The Kier molecular flexibility index (Phi) is 2.91. The van der Waals surface area contributed by atoms with Gasteiger partial charge >= 0.3 is 0 Å². The van der Waals surface area contributed by atoms with Crippen LogP contribution in [0.5, 0.6) is 0 Å². The number of halogens is 1. The molecule has 2 rings (SSSR count). The fourth-order valence-electron chi connectivity index (χ4n) is 2.40. The van der Waals surface area contributed by atoms with Crippen LogP contribution in [0.4, 0.5) is 11.4 Å². The van der Waals surface area contributed by atoms with Gasteiger partial charge in [-0.2, -0.15) is 0 Å². The first-order chi connectivity index (χ1) is 7.08. The lowest BCUT2D eigenvalue weighted by Gasteiger charge is -2.25. The van der Waals surface area contributed by atoms with Crippen molar-refractivity contribution in [1.82, 2.24) is 0 Å². The van der Waals surface area contributed by atoms with Crippen LogP contribution in [0.1, 0.15) is 20.3 Å². The van der Waals surface area contributed by atoms with E-state index in [0.29, 0.717) is 6.04 Å². The van der Waals surface area contributed by atoms with Crippen LogP contribution in [-0.2, 0) is 0 Å². The van der Waals surface area contributed by atoms with Gasteiger partial charge in [0.15, 0.2) is 0 Å². The Morgan fingerprint density at radius 3 is 2.73 bits per heavy atom. The lowest BCUT2D eigenvalue weighted by atomic mass is 10.1. The molecule has 1 aromatic carbocycles. The summed E-state index contributed by atoms with van der Waals surface area (Å²) in [5, 5.41) is 0. The van der Waals surface area contributed by atoms with Gasteiger partial charge in [0.1, 0.15) is 0 Å². The van der Waals surface area contributed by atoms with Crippen LogP contribution in [0.25, 0.3) is 0 Å². The highest BCUT2D eigenvalue weighted by Crippen LogP contribution is 2.34. The molecule has 1 saturated heterocycles. The molecule has 2 N–H and O–H groups in total. The van der Waals surface area contributed by atoms with Crippen LogP contribution >= 0.6 is 15.9 Å². The smallest absolute Gasteiger partial charge is 0.0613 e. The molecule has 1 aliphatic rings. The van der Waals surface area contributed by atoms with E-state index >= 15 is 0 Å². The van der Waals surface area contributed by atoms with Crippen molar-refractivity contribution in [3.63, 3.8) is 0 Å². The van der Waals surface area contributed by atoms with Crippen molar-refractivity contribution in [3.8, 4) is 0 Å². The van der Waals surface area contributed by atoms with Gasteiger partial charge in [0.2, 0.25) is 0 Å². The summed E-state index contributed by atoms with van der Waals surface area (Å²) in [6.45, 7) is 5.68. The monoisotopic (exact) mass is 268 g/mol. The Hall–Kier alpha value is -0.700. The van der Waals surface area contributed by atoms with Crippen LogP contribution in [-0.4, -0.2) is 12.6 Å². The van der Waals surface area contributed by atoms with Crippen LogP contribution in [0.15, 0.2) is 22.7 Å². The van der Waals surface area contributed by atoms with Gasteiger partial charge in [0.05, 0.1) is 11.4 Å². The summed E-state index contributed by atoms with van der Waals surface area (Å²) in [7, 11) is 0. The maximum Gasteiger partial charge on any atom is 0.0613 e. The Bertz CT molecular complexity index is 365. The van der Waals surface area contributed by atoms with Crippen molar-refractivity contribution < 1.29 is 0 Å². The van der Waals surface area contributed by atoms with E-state index in [1.54, 1.807) is 0 Å². The predicted molar refractivity (Wildman–Crippen MR) is 69.1 cm³/mol. The van der Waals surface area contributed by atoms with Gasteiger partial charge in [-0.25, -0.2) is 0 Å². The number of nitrogens with zero attached hydrogens (tertiary/aromatic N) is 1. The molecule has 2 unspecified atom stereocenters. The van der Waals surface area contributed by atoms with Crippen molar-refractivity contribution in [2.45, 2.75) is 26.3 Å². The van der Waals surface area contributed by atoms with Crippen LogP contribution in [0, 0.1) is 5.92 Å². The molecule has 1 aliphatic heterocycles. The second kappa shape index (κ2) is 4.05. The second-order valence-corrected chi connectivity index (χ2v) is 5.46. The maximum absolute atomic E-state index is 6.01. The lowest BCUT2D eigenvalue weighted by Crippen LogP contribution is -2.27. The molecule has 15 heavy (non-hydrogen) atoms. The summed E-state index contributed by atoms with van der Waals surface area (Å²) >= 11 is 3.50. The molecule has 0 bridgehead atoms. The first-order valence-corrected chi connectivity index (χ1v) is 6.19. The molecule has 0 saturated carbocycles. The van der Waals surface area contributed by atoms with Crippen molar-refractivity contribution in [2.75, 3.05) is 17.2 Å². The Labute approximate surface area is 99.6 Å². The molecule has 0 amide bonds. The Balaban J connectivity index is 2.32. The molecule has 2 nitrogen and oxygen atoms in total. The minimum Gasteiger partial charge on any atom is -0.397 e. The predicted octanol–water partition coefficient (Wildman–Crippen LogP) is 3.27. The molecule has 0 aromatic heterocycles. The van der Waals surface area contributed by atoms with E-state index in [9.17, 15) is 0 Å². The topological polar surface area (TPSA) is 29.3 Å². The minimum absolute atomic E-state index is 0.594. The molecule has 0 radical (unpaired) electrons. The molecule has 1 fully saturated rings. The first kappa shape index (κ1) is 10.8. The summed E-state index contributed by atoms with van der Waals surface area (Å²) in [5.41, 5.74) is 8.06. The third-order valence-corrected chi connectivity index (χ3v) is 3.58. The second-order valence-electron chi connectivity index (χ2n) is 4.55. The van der Waals surface area contributed by atoms with Crippen LogP contribution in [0.2, 0.25) is 0 Å². The SMILES string of the molecule is CC1CC(C)N(c2cc(Br)ccc2N)C1. The van der Waals surface area contributed by atoms with E-state index in [2.05, 4.69) is 40.7 Å². The number of benzene rings is 1.